The Labute approximate surface area is 126 Å². The van der Waals surface area contributed by atoms with E-state index in [0.29, 0.717) is 6.04 Å². The van der Waals surface area contributed by atoms with Crippen LogP contribution in [0, 0.1) is 5.92 Å². The van der Waals surface area contributed by atoms with E-state index >= 15 is 0 Å². The molecule has 3 nitrogen and oxygen atoms in total. The maximum atomic E-state index is 12.2. The third kappa shape index (κ3) is 2.62. The van der Waals surface area contributed by atoms with Crippen LogP contribution < -0.4 is 5.32 Å². The average molecular weight is 285 g/mol. The van der Waals surface area contributed by atoms with Crippen LogP contribution in [-0.2, 0) is 9.53 Å². The topological polar surface area (TPSA) is 38.3 Å². The van der Waals surface area contributed by atoms with E-state index in [2.05, 4.69) is 36.2 Å². The Kier molecular flexibility index (Phi) is 3.85. The molecule has 2 heterocycles. The molecule has 0 aromatic heterocycles. The third-order valence-corrected chi connectivity index (χ3v) is 4.99. The van der Waals surface area contributed by atoms with Crippen molar-refractivity contribution in [1.29, 1.82) is 0 Å². The highest BCUT2D eigenvalue weighted by atomic mass is 16.5. The van der Waals surface area contributed by atoms with E-state index in [4.69, 9.17) is 4.74 Å². The molecular formula is C18H23NO2. The summed E-state index contributed by atoms with van der Waals surface area (Å²) in [4.78, 5) is 12.2. The molecule has 2 fully saturated rings. The number of hydrogen-bond acceptors (Lipinski definition) is 3. The molecule has 2 aliphatic heterocycles. The summed E-state index contributed by atoms with van der Waals surface area (Å²) in [7, 11) is 1.49. The second-order valence-electron chi connectivity index (χ2n) is 6.34. The SMILES string of the molecule is C=C(C)c1ccc(C2CC3CCC(N3)[C@H]2C(=O)OC)cc1. The summed E-state index contributed by atoms with van der Waals surface area (Å²) in [6.07, 6.45) is 3.26. The smallest absolute Gasteiger partial charge is 0.310 e. The van der Waals surface area contributed by atoms with Gasteiger partial charge in [-0.25, -0.2) is 0 Å². The average Bonchev–Trinajstić information content (AvgIpc) is 2.88. The van der Waals surface area contributed by atoms with E-state index in [1.807, 2.05) is 6.92 Å². The number of nitrogens with one attached hydrogen (secondary N) is 1. The molecule has 3 rings (SSSR count). The van der Waals surface area contributed by atoms with Gasteiger partial charge in [-0.3, -0.25) is 4.79 Å². The van der Waals surface area contributed by atoms with Gasteiger partial charge in [0.05, 0.1) is 13.0 Å². The Morgan fingerprint density at radius 3 is 2.62 bits per heavy atom. The molecular weight excluding hydrogens is 262 g/mol. The lowest BCUT2D eigenvalue weighted by atomic mass is 9.77. The third-order valence-electron chi connectivity index (χ3n) is 4.99. The lowest BCUT2D eigenvalue weighted by molar-refractivity contribution is -0.148. The van der Waals surface area contributed by atoms with E-state index < -0.39 is 0 Å². The first-order valence-corrected chi connectivity index (χ1v) is 7.70. The number of benzene rings is 1. The van der Waals surface area contributed by atoms with E-state index in [-0.39, 0.29) is 23.8 Å². The number of hydrogen-bond donors (Lipinski definition) is 1. The number of methoxy groups -OCH3 is 1. The summed E-state index contributed by atoms with van der Waals surface area (Å²) in [6.45, 7) is 5.98. The molecule has 0 aliphatic carbocycles. The number of allylic oxidation sites excluding steroid dienone is 1. The molecule has 3 unspecified atom stereocenters. The van der Waals surface area contributed by atoms with Crippen LogP contribution in [-0.4, -0.2) is 25.2 Å². The van der Waals surface area contributed by atoms with Crippen molar-refractivity contribution in [1.82, 2.24) is 5.32 Å². The first-order chi connectivity index (χ1) is 10.1. The fourth-order valence-corrected chi connectivity index (χ4v) is 3.88. The highest BCUT2D eigenvalue weighted by Crippen LogP contribution is 2.42. The van der Waals surface area contributed by atoms with Crippen molar-refractivity contribution in [3.05, 3.63) is 42.0 Å². The molecule has 0 spiro atoms. The largest absolute Gasteiger partial charge is 0.469 e. The van der Waals surface area contributed by atoms with Gasteiger partial charge in [0.25, 0.3) is 0 Å². The van der Waals surface area contributed by atoms with Crippen molar-refractivity contribution in [2.75, 3.05) is 7.11 Å². The van der Waals surface area contributed by atoms with Crippen LogP contribution in [0.15, 0.2) is 30.8 Å². The summed E-state index contributed by atoms with van der Waals surface area (Å²) in [5.74, 6) is 0.113. The lowest BCUT2D eigenvalue weighted by Gasteiger charge is -2.36. The van der Waals surface area contributed by atoms with Gasteiger partial charge in [-0.05, 0) is 37.3 Å². The number of ether oxygens (including phenoxy) is 1. The molecule has 2 aliphatic rings. The van der Waals surface area contributed by atoms with Crippen LogP contribution in [0.4, 0.5) is 0 Å². The van der Waals surface area contributed by atoms with Crippen molar-refractivity contribution >= 4 is 11.5 Å². The molecule has 4 atom stereocenters. The summed E-state index contributed by atoms with van der Waals surface area (Å²) in [5, 5.41) is 3.57. The molecule has 0 amide bonds. The van der Waals surface area contributed by atoms with Crippen molar-refractivity contribution in [3.63, 3.8) is 0 Å². The second kappa shape index (κ2) is 5.64. The van der Waals surface area contributed by atoms with Gasteiger partial charge in [-0.1, -0.05) is 36.4 Å². The number of fused-ring (bicyclic) bond motifs is 2. The molecule has 1 N–H and O–H groups in total. The van der Waals surface area contributed by atoms with E-state index in [1.165, 1.54) is 19.1 Å². The van der Waals surface area contributed by atoms with Crippen molar-refractivity contribution in [3.8, 4) is 0 Å². The molecule has 2 saturated heterocycles. The summed E-state index contributed by atoms with van der Waals surface area (Å²) < 4.78 is 5.06. The van der Waals surface area contributed by atoms with E-state index in [9.17, 15) is 4.79 Å². The minimum absolute atomic E-state index is 0.0653. The van der Waals surface area contributed by atoms with Crippen molar-refractivity contribution in [2.24, 2.45) is 5.92 Å². The van der Waals surface area contributed by atoms with Gasteiger partial charge in [-0.15, -0.1) is 0 Å². The quantitative estimate of drug-likeness (QED) is 0.867. The van der Waals surface area contributed by atoms with Crippen LogP contribution in [0.2, 0.25) is 0 Å². The predicted octanol–water partition coefficient (Wildman–Crippen LogP) is 3.12. The monoisotopic (exact) mass is 285 g/mol. The minimum Gasteiger partial charge on any atom is -0.469 e. The Bertz CT molecular complexity index is 549. The van der Waals surface area contributed by atoms with Gasteiger partial charge >= 0.3 is 5.97 Å². The number of carbonyl (C=O) groups excluding carboxylic acids is 1. The zero-order chi connectivity index (χ0) is 15.0. The van der Waals surface area contributed by atoms with Crippen LogP contribution >= 0.6 is 0 Å². The van der Waals surface area contributed by atoms with E-state index in [0.717, 1.165) is 24.0 Å². The van der Waals surface area contributed by atoms with Crippen LogP contribution in [0.25, 0.3) is 5.57 Å². The zero-order valence-electron chi connectivity index (χ0n) is 12.8. The summed E-state index contributed by atoms with van der Waals surface area (Å²) in [5.41, 5.74) is 3.47. The van der Waals surface area contributed by atoms with Crippen molar-refractivity contribution < 1.29 is 9.53 Å². The predicted molar refractivity (Wildman–Crippen MR) is 84.0 cm³/mol. The molecule has 3 heteroatoms. The van der Waals surface area contributed by atoms with Gasteiger partial charge in [0.2, 0.25) is 0 Å². The standard InChI is InChI=1S/C18H23NO2/c1-11(2)12-4-6-13(7-5-12)15-10-14-8-9-16(19-14)17(15)18(20)21-3/h4-7,14-17,19H,1,8-10H2,2-3H3/t14?,15?,16?,17-/m0/s1. The van der Waals surface area contributed by atoms with Crippen LogP contribution in [0.1, 0.15) is 43.2 Å². The van der Waals surface area contributed by atoms with E-state index in [1.54, 1.807) is 0 Å². The molecule has 112 valence electrons. The van der Waals surface area contributed by atoms with Gasteiger partial charge in [-0.2, -0.15) is 0 Å². The van der Waals surface area contributed by atoms with Gasteiger partial charge in [0.1, 0.15) is 0 Å². The number of rotatable bonds is 3. The highest BCUT2D eigenvalue weighted by molar-refractivity contribution is 5.75. The minimum atomic E-state index is -0.0816. The summed E-state index contributed by atoms with van der Waals surface area (Å²) in [6, 6.07) is 9.32. The molecule has 1 aromatic carbocycles. The maximum absolute atomic E-state index is 12.2. The van der Waals surface area contributed by atoms with Crippen LogP contribution in [0.3, 0.4) is 0 Å². The number of esters is 1. The van der Waals surface area contributed by atoms with Gasteiger partial charge < -0.3 is 10.1 Å². The normalized spacial score (nSPS) is 31.0. The van der Waals surface area contributed by atoms with Crippen molar-refractivity contribution in [2.45, 2.75) is 44.2 Å². The Balaban J connectivity index is 1.90. The fraction of sp³-hybridized carbons (Fsp3) is 0.500. The van der Waals surface area contributed by atoms with Crippen LogP contribution in [0.5, 0.6) is 0 Å². The zero-order valence-corrected chi connectivity index (χ0v) is 12.8. The molecule has 0 radical (unpaired) electrons. The molecule has 0 saturated carbocycles. The first-order valence-electron chi connectivity index (χ1n) is 7.70. The van der Waals surface area contributed by atoms with Gasteiger partial charge in [0, 0.05) is 18.0 Å². The lowest BCUT2D eigenvalue weighted by Crippen LogP contribution is -2.48. The molecule has 21 heavy (non-hydrogen) atoms. The number of piperidine rings is 1. The number of carbonyl (C=O) groups is 1. The Morgan fingerprint density at radius 2 is 2.00 bits per heavy atom. The molecule has 2 bridgehead atoms. The van der Waals surface area contributed by atoms with Gasteiger partial charge in [0.15, 0.2) is 0 Å². The maximum Gasteiger partial charge on any atom is 0.310 e. The fourth-order valence-electron chi connectivity index (χ4n) is 3.88. The molecule has 1 aromatic rings. The highest BCUT2D eigenvalue weighted by Gasteiger charge is 2.46. The second-order valence-corrected chi connectivity index (χ2v) is 6.34. The Hall–Kier alpha value is -1.61. The Morgan fingerprint density at radius 1 is 1.29 bits per heavy atom. The summed E-state index contributed by atoms with van der Waals surface area (Å²) >= 11 is 0. The first kappa shape index (κ1) is 14.3.